The maximum absolute atomic E-state index is 11.8. The van der Waals surface area contributed by atoms with Crippen LogP contribution in [0.3, 0.4) is 0 Å². The molecule has 1 fully saturated rings. The lowest BCUT2D eigenvalue weighted by atomic mass is 9.98. The highest BCUT2D eigenvalue weighted by Crippen LogP contribution is 2.37. The fourth-order valence-electron chi connectivity index (χ4n) is 1.61. The Morgan fingerprint density at radius 1 is 1.22 bits per heavy atom. The minimum absolute atomic E-state index is 0.0383. The van der Waals surface area contributed by atoms with E-state index in [0.29, 0.717) is 18.9 Å². The van der Waals surface area contributed by atoms with Crippen molar-refractivity contribution in [2.24, 2.45) is 11.3 Å². The average molecular weight is 258 g/mol. The summed E-state index contributed by atoms with van der Waals surface area (Å²) in [5.41, 5.74) is -0.0383. The average Bonchev–Trinajstić information content (AvgIpc) is 3.01. The normalized spacial score (nSPS) is 17.9. The van der Waals surface area contributed by atoms with Crippen molar-refractivity contribution in [1.82, 2.24) is 0 Å². The molecule has 0 aromatic carbocycles. The van der Waals surface area contributed by atoms with Gasteiger partial charge in [-0.25, -0.2) is 4.79 Å². The molecule has 106 valence electrons. The molecule has 4 heteroatoms. The number of carbonyl (C=O) groups excluding carboxylic acids is 1. The maximum atomic E-state index is 11.8. The first-order valence-electron chi connectivity index (χ1n) is 6.79. The first-order valence-corrected chi connectivity index (χ1v) is 6.79. The lowest BCUT2D eigenvalue weighted by molar-refractivity contribution is -0.154. The Balaban J connectivity index is 2.25. The molecule has 0 spiro atoms. The number of carbonyl (C=O) groups is 1. The number of ether oxygens (including phenoxy) is 1. The van der Waals surface area contributed by atoms with Crippen LogP contribution in [0.2, 0.25) is 0 Å². The maximum Gasteiger partial charge on any atom is 0.372 e. The number of hydrogen-bond donors (Lipinski definition) is 0. The van der Waals surface area contributed by atoms with Crippen molar-refractivity contribution in [3.05, 3.63) is 0 Å². The Labute approximate surface area is 110 Å². The van der Waals surface area contributed by atoms with Gasteiger partial charge in [0.05, 0.1) is 6.61 Å². The van der Waals surface area contributed by atoms with Gasteiger partial charge in [-0.1, -0.05) is 47.5 Å². The van der Waals surface area contributed by atoms with Crippen LogP contribution in [0.5, 0.6) is 0 Å². The summed E-state index contributed by atoms with van der Waals surface area (Å²) in [5.74, 6) is -0.792. The summed E-state index contributed by atoms with van der Waals surface area (Å²) in [6.07, 6.45) is 3.75. The Hall–Kier alpha value is -0.610. The van der Waals surface area contributed by atoms with Crippen molar-refractivity contribution in [3.8, 4) is 0 Å². The second kappa shape index (κ2) is 6.02. The van der Waals surface area contributed by atoms with E-state index in [1.54, 1.807) is 0 Å². The molecule has 1 aliphatic heterocycles. The molecule has 0 radical (unpaired) electrons. The van der Waals surface area contributed by atoms with Crippen LogP contribution in [0, 0.1) is 11.3 Å². The van der Waals surface area contributed by atoms with Crippen LogP contribution in [0.4, 0.5) is 0 Å². The molecule has 1 rings (SSSR count). The van der Waals surface area contributed by atoms with Crippen LogP contribution in [-0.2, 0) is 19.3 Å². The summed E-state index contributed by atoms with van der Waals surface area (Å²) >= 11 is 0. The second-order valence-electron chi connectivity index (χ2n) is 6.70. The Bertz CT molecular complexity index is 274. The minimum atomic E-state index is -1.10. The van der Waals surface area contributed by atoms with E-state index in [4.69, 9.17) is 14.5 Å². The summed E-state index contributed by atoms with van der Waals surface area (Å²) < 4.78 is 5.22. The largest absolute Gasteiger partial charge is 0.461 e. The molecule has 0 N–H and O–H groups in total. The highest BCUT2D eigenvalue weighted by atomic mass is 17.4. The van der Waals surface area contributed by atoms with Crippen molar-refractivity contribution in [3.63, 3.8) is 0 Å². The van der Waals surface area contributed by atoms with Crippen molar-refractivity contribution < 1.29 is 19.3 Å². The van der Waals surface area contributed by atoms with Gasteiger partial charge in [0.2, 0.25) is 0 Å². The molecule has 0 atom stereocenters. The quantitative estimate of drug-likeness (QED) is 0.304. The van der Waals surface area contributed by atoms with Gasteiger partial charge in [-0.3, -0.25) is 0 Å². The third kappa shape index (κ3) is 5.36. The lowest BCUT2D eigenvalue weighted by Crippen LogP contribution is -2.30. The summed E-state index contributed by atoms with van der Waals surface area (Å²) in [5, 5.41) is 0. The molecule has 18 heavy (non-hydrogen) atoms. The van der Waals surface area contributed by atoms with E-state index in [-0.39, 0.29) is 11.4 Å². The monoisotopic (exact) mass is 258 g/mol. The molecular formula is C14H26O4. The number of unbranched alkanes of at least 4 members (excludes halogenated alkanes) is 1. The molecule has 1 heterocycles. The van der Waals surface area contributed by atoms with Gasteiger partial charge in [0.25, 0.3) is 0 Å². The van der Waals surface area contributed by atoms with Crippen LogP contribution in [0.25, 0.3) is 0 Å². The standard InChI is InChI=1S/C14H26O4/c1-11(2)8-6-7-9-14(17-18-14)12(15)16-10-13(3,4)5/h11H,6-10H2,1-5H3. The molecule has 4 nitrogen and oxygen atoms in total. The van der Waals surface area contributed by atoms with Gasteiger partial charge in [0, 0.05) is 6.42 Å². The smallest absolute Gasteiger partial charge is 0.372 e. The highest BCUT2D eigenvalue weighted by Gasteiger charge is 2.57. The zero-order valence-corrected chi connectivity index (χ0v) is 12.2. The first kappa shape index (κ1) is 15.4. The SMILES string of the molecule is CC(C)CCCCC1(C(=O)OCC(C)(C)C)OO1. The lowest BCUT2D eigenvalue weighted by Gasteiger charge is -2.18. The van der Waals surface area contributed by atoms with E-state index in [1.807, 2.05) is 20.8 Å². The van der Waals surface area contributed by atoms with E-state index >= 15 is 0 Å². The minimum Gasteiger partial charge on any atom is -0.461 e. The zero-order chi connectivity index (χ0) is 13.8. The summed E-state index contributed by atoms with van der Waals surface area (Å²) in [7, 11) is 0. The van der Waals surface area contributed by atoms with E-state index in [2.05, 4.69) is 13.8 Å². The number of hydrogen-bond acceptors (Lipinski definition) is 4. The number of rotatable bonds is 7. The molecule has 0 saturated carbocycles. The predicted molar refractivity (Wildman–Crippen MR) is 68.6 cm³/mol. The third-order valence-electron chi connectivity index (χ3n) is 2.77. The van der Waals surface area contributed by atoms with Gasteiger partial charge in [-0.05, 0) is 17.8 Å². The molecular weight excluding hydrogens is 232 g/mol. The molecule has 0 aromatic rings. The fraction of sp³-hybridized carbons (Fsp3) is 0.929. The van der Waals surface area contributed by atoms with Crippen molar-refractivity contribution in [2.75, 3.05) is 6.61 Å². The molecule has 0 unspecified atom stereocenters. The van der Waals surface area contributed by atoms with Gasteiger partial charge in [-0.15, -0.1) is 0 Å². The van der Waals surface area contributed by atoms with Gasteiger partial charge >= 0.3 is 11.8 Å². The molecule has 0 aromatic heterocycles. The van der Waals surface area contributed by atoms with E-state index in [9.17, 15) is 4.79 Å². The molecule has 0 amide bonds. The molecule has 0 aliphatic carbocycles. The third-order valence-corrected chi connectivity index (χ3v) is 2.77. The van der Waals surface area contributed by atoms with Crippen molar-refractivity contribution in [1.29, 1.82) is 0 Å². The van der Waals surface area contributed by atoms with E-state index in [0.717, 1.165) is 19.3 Å². The Kier molecular flexibility index (Phi) is 5.17. The second-order valence-corrected chi connectivity index (χ2v) is 6.70. The summed E-state index contributed by atoms with van der Waals surface area (Å²) in [6, 6.07) is 0. The van der Waals surface area contributed by atoms with Gasteiger partial charge < -0.3 is 4.74 Å². The predicted octanol–water partition coefficient (Wildman–Crippen LogP) is 3.45. The summed E-state index contributed by atoms with van der Waals surface area (Å²) in [4.78, 5) is 21.5. The van der Waals surface area contributed by atoms with E-state index in [1.165, 1.54) is 0 Å². The Morgan fingerprint density at radius 2 is 1.83 bits per heavy atom. The topological polar surface area (TPSA) is 51.4 Å². The van der Waals surface area contributed by atoms with Crippen molar-refractivity contribution >= 4 is 5.97 Å². The Morgan fingerprint density at radius 3 is 2.28 bits per heavy atom. The fourth-order valence-corrected chi connectivity index (χ4v) is 1.61. The van der Waals surface area contributed by atoms with Gasteiger partial charge in [0.15, 0.2) is 0 Å². The van der Waals surface area contributed by atoms with Crippen LogP contribution in [-0.4, -0.2) is 18.4 Å². The van der Waals surface area contributed by atoms with Crippen molar-refractivity contribution in [2.45, 2.75) is 66.1 Å². The van der Waals surface area contributed by atoms with Gasteiger partial charge in [0.1, 0.15) is 0 Å². The van der Waals surface area contributed by atoms with Crippen LogP contribution in [0.1, 0.15) is 60.3 Å². The molecule has 1 saturated heterocycles. The summed E-state index contributed by atoms with van der Waals surface area (Å²) in [6.45, 7) is 10.8. The van der Waals surface area contributed by atoms with Crippen LogP contribution >= 0.6 is 0 Å². The highest BCUT2D eigenvalue weighted by molar-refractivity contribution is 5.79. The first-order chi connectivity index (χ1) is 8.25. The van der Waals surface area contributed by atoms with E-state index < -0.39 is 5.79 Å². The zero-order valence-electron chi connectivity index (χ0n) is 12.2. The van der Waals surface area contributed by atoms with Gasteiger partial charge in [-0.2, -0.15) is 9.78 Å². The van der Waals surface area contributed by atoms with Crippen LogP contribution in [0.15, 0.2) is 0 Å². The molecule has 0 bridgehead atoms. The van der Waals surface area contributed by atoms with Crippen LogP contribution < -0.4 is 0 Å². The molecule has 1 aliphatic rings. The number of esters is 1.